The van der Waals surface area contributed by atoms with E-state index in [9.17, 15) is 22.7 Å². The lowest BCUT2D eigenvalue weighted by atomic mass is 9.90. The maximum Gasteiger partial charge on any atom is 0.253 e. The molecule has 0 spiro atoms. The molecule has 2 fully saturated rings. The van der Waals surface area contributed by atoms with Gasteiger partial charge in [-0.1, -0.05) is 0 Å². The minimum absolute atomic E-state index is 0.0257. The van der Waals surface area contributed by atoms with Gasteiger partial charge in [-0.15, -0.1) is 0 Å². The molecule has 1 aromatic rings. The number of nitrogens with two attached hydrogens (primary N) is 1. The van der Waals surface area contributed by atoms with Crippen molar-refractivity contribution in [3.05, 3.63) is 23.4 Å². The summed E-state index contributed by atoms with van der Waals surface area (Å²) in [5.41, 5.74) is 4.43. The van der Waals surface area contributed by atoms with Crippen LogP contribution in [0.5, 0.6) is 0 Å². The molecule has 0 bridgehead atoms. The predicted molar refractivity (Wildman–Crippen MR) is 101 cm³/mol. The zero-order chi connectivity index (χ0) is 19.6. The molecule has 7 nitrogen and oxygen atoms in total. The predicted octanol–water partition coefficient (Wildman–Crippen LogP) is 2.68. The molecule has 152 valence electrons. The van der Waals surface area contributed by atoms with Gasteiger partial charge in [-0.25, -0.2) is 4.39 Å². The van der Waals surface area contributed by atoms with Crippen LogP contribution in [-0.2, 0) is 0 Å². The second-order valence-corrected chi connectivity index (χ2v) is 9.79. The van der Waals surface area contributed by atoms with Crippen molar-refractivity contribution >= 4 is 22.3 Å². The van der Waals surface area contributed by atoms with Gasteiger partial charge < -0.3 is 16.4 Å². The van der Waals surface area contributed by atoms with E-state index in [1.165, 1.54) is 0 Å². The average Bonchev–Trinajstić information content (AvgIpc) is 2.61. The zero-order valence-electron chi connectivity index (χ0n) is 15.0. The highest BCUT2D eigenvalue weighted by molar-refractivity contribution is 8.24. The molecule has 0 atom stereocenters. The molecule has 27 heavy (non-hydrogen) atoms. The standard InChI is InChI=1S/C17H26F2N4O3S/c18-14-9-13(16(20)24)15(19)23-17(14)22-11-3-1-10(2-4-11)21-12-5-7-27(25,26)8-6-12/h9-12,21,25-26H,1-8H2,(H2,20,24)(H,22,23). The smallest absolute Gasteiger partial charge is 0.253 e. The Balaban J connectivity index is 1.49. The topological polar surface area (TPSA) is 121 Å². The molecule has 1 aromatic heterocycles. The summed E-state index contributed by atoms with van der Waals surface area (Å²) in [7, 11) is -2.37. The monoisotopic (exact) mass is 404 g/mol. The number of hydrogen-bond donors (Lipinski definition) is 5. The number of nitrogens with zero attached hydrogens (tertiary/aromatic N) is 1. The van der Waals surface area contributed by atoms with E-state index in [0.29, 0.717) is 23.6 Å². The molecule has 0 radical (unpaired) electrons. The molecule has 10 heteroatoms. The maximum atomic E-state index is 14.0. The highest BCUT2D eigenvalue weighted by Crippen LogP contribution is 2.44. The third-order valence-corrected chi connectivity index (χ3v) is 7.10. The normalized spacial score (nSPS) is 27.1. The van der Waals surface area contributed by atoms with Crippen LogP contribution in [0.2, 0.25) is 0 Å². The van der Waals surface area contributed by atoms with Gasteiger partial charge in [0.05, 0.1) is 5.56 Å². The number of pyridine rings is 1. The van der Waals surface area contributed by atoms with Crippen LogP contribution in [-0.4, -0.2) is 49.6 Å². The van der Waals surface area contributed by atoms with Crippen molar-refractivity contribution in [3.63, 3.8) is 0 Å². The first-order valence-corrected chi connectivity index (χ1v) is 11.0. The number of nitrogens with one attached hydrogen (secondary N) is 2. The molecular weight excluding hydrogens is 378 g/mol. The lowest BCUT2D eigenvalue weighted by molar-refractivity contribution is 0.0995. The summed E-state index contributed by atoms with van der Waals surface area (Å²) in [6.45, 7) is 0. The number of halogens is 2. The van der Waals surface area contributed by atoms with Gasteiger partial charge in [0.15, 0.2) is 11.6 Å². The zero-order valence-corrected chi connectivity index (χ0v) is 15.8. The van der Waals surface area contributed by atoms with E-state index in [2.05, 4.69) is 15.6 Å². The van der Waals surface area contributed by atoms with E-state index in [4.69, 9.17) is 5.73 Å². The number of rotatable bonds is 5. The van der Waals surface area contributed by atoms with E-state index >= 15 is 0 Å². The Bertz CT molecular complexity index is 689. The Kier molecular flexibility index (Phi) is 6.19. The SMILES string of the molecule is NC(=O)c1cc(F)c(NC2CCC(NC3CCS(O)(O)CC3)CC2)nc1F. The van der Waals surface area contributed by atoms with Crippen molar-refractivity contribution in [2.24, 2.45) is 5.73 Å². The van der Waals surface area contributed by atoms with Crippen LogP contribution in [0.1, 0.15) is 48.9 Å². The number of carbonyl (C=O) groups excluding carboxylic acids is 1. The molecule has 1 saturated carbocycles. The first kappa shape index (κ1) is 20.2. The number of hydrogen-bond acceptors (Lipinski definition) is 6. The summed E-state index contributed by atoms with van der Waals surface area (Å²) in [4.78, 5) is 14.5. The summed E-state index contributed by atoms with van der Waals surface area (Å²) in [6, 6.07) is 1.38. The van der Waals surface area contributed by atoms with Gasteiger partial charge in [0.2, 0.25) is 5.95 Å². The summed E-state index contributed by atoms with van der Waals surface area (Å²) in [5, 5.41) is 6.50. The largest absolute Gasteiger partial charge is 0.365 e. The van der Waals surface area contributed by atoms with Crippen LogP contribution >= 0.6 is 10.6 Å². The van der Waals surface area contributed by atoms with Crippen LogP contribution in [0.3, 0.4) is 0 Å². The van der Waals surface area contributed by atoms with Gasteiger partial charge in [-0.05, 0) is 44.6 Å². The first-order chi connectivity index (χ1) is 12.7. The van der Waals surface area contributed by atoms with E-state index in [0.717, 1.165) is 44.6 Å². The van der Waals surface area contributed by atoms with Gasteiger partial charge in [0, 0.05) is 29.6 Å². The molecule has 2 heterocycles. The Labute approximate surface area is 158 Å². The fourth-order valence-electron chi connectivity index (χ4n) is 3.75. The van der Waals surface area contributed by atoms with Gasteiger partial charge >= 0.3 is 0 Å². The van der Waals surface area contributed by atoms with Crippen molar-refractivity contribution in [2.75, 3.05) is 16.8 Å². The minimum Gasteiger partial charge on any atom is -0.365 e. The quantitative estimate of drug-likeness (QED) is 0.481. The Morgan fingerprint density at radius 1 is 1.07 bits per heavy atom. The number of primary amides is 1. The number of carbonyl (C=O) groups is 1. The molecular formula is C17H26F2N4O3S. The van der Waals surface area contributed by atoms with Crippen LogP contribution in [0.25, 0.3) is 0 Å². The molecule has 6 N–H and O–H groups in total. The fraction of sp³-hybridized carbons (Fsp3) is 0.647. The average molecular weight is 404 g/mol. The molecule has 1 aliphatic heterocycles. The molecule has 2 aliphatic rings. The van der Waals surface area contributed by atoms with Crippen molar-refractivity contribution < 1.29 is 22.7 Å². The summed E-state index contributed by atoms with van der Waals surface area (Å²) in [6.07, 6.45) is 4.85. The van der Waals surface area contributed by atoms with Gasteiger partial charge in [-0.3, -0.25) is 13.9 Å². The second-order valence-electron chi connectivity index (χ2n) is 7.37. The summed E-state index contributed by atoms with van der Waals surface area (Å²) >= 11 is 0. The molecule has 1 amide bonds. The Morgan fingerprint density at radius 3 is 2.22 bits per heavy atom. The lowest BCUT2D eigenvalue weighted by Crippen LogP contribution is -2.45. The Morgan fingerprint density at radius 2 is 1.63 bits per heavy atom. The van der Waals surface area contributed by atoms with Crippen LogP contribution < -0.4 is 16.4 Å². The molecule has 0 unspecified atom stereocenters. The lowest BCUT2D eigenvalue weighted by Gasteiger charge is -2.41. The number of anilines is 1. The number of aromatic nitrogens is 1. The van der Waals surface area contributed by atoms with E-state index < -0.39 is 33.8 Å². The van der Waals surface area contributed by atoms with E-state index in [1.807, 2.05) is 0 Å². The van der Waals surface area contributed by atoms with Gasteiger partial charge in [-0.2, -0.15) is 20.0 Å². The second kappa shape index (κ2) is 8.26. The van der Waals surface area contributed by atoms with E-state index in [-0.39, 0.29) is 11.9 Å². The van der Waals surface area contributed by atoms with Crippen molar-refractivity contribution in [1.82, 2.24) is 10.3 Å². The summed E-state index contributed by atoms with van der Waals surface area (Å²) < 4.78 is 47.1. The van der Waals surface area contributed by atoms with Crippen LogP contribution in [0.4, 0.5) is 14.6 Å². The third kappa shape index (κ3) is 5.28. The summed E-state index contributed by atoms with van der Waals surface area (Å²) in [5.74, 6) is -2.22. The first-order valence-electron chi connectivity index (χ1n) is 9.15. The van der Waals surface area contributed by atoms with Gasteiger partial charge in [0.1, 0.15) is 0 Å². The van der Waals surface area contributed by atoms with Crippen molar-refractivity contribution in [3.8, 4) is 0 Å². The van der Waals surface area contributed by atoms with Crippen molar-refractivity contribution in [1.29, 1.82) is 0 Å². The van der Waals surface area contributed by atoms with E-state index in [1.54, 1.807) is 0 Å². The molecule has 3 rings (SSSR count). The number of amides is 1. The molecule has 1 aliphatic carbocycles. The fourth-order valence-corrected chi connectivity index (χ4v) is 5.27. The van der Waals surface area contributed by atoms with Crippen LogP contribution in [0.15, 0.2) is 6.07 Å². The maximum absolute atomic E-state index is 14.0. The van der Waals surface area contributed by atoms with Crippen molar-refractivity contribution in [2.45, 2.75) is 56.7 Å². The third-order valence-electron chi connectivity index (χ3n) is 5.32. The van der Waals surface area contributed by atoms with Gasteiger partial charge in [0.25, 0.3) is 5.91 Å². The minimum atomic E-state index is -2.37. The molecule has 1 saturated heterocycles. The van der Waals surface area contributed by atoms with Crippen LogP contribution in [0, 0.1) is 11.8 Å². The highest BCUT2D eigenvalue weighted by Gasteiger charge is 2.28. The highest BCUT2D eigenvalue weighted by atomic mass is 32.3. The molecule has 0 aromatic carbocycles. The Hall–Kier alpha value is -1.49.